The fraction of sp³-hybridized carbons (Fsp3) is 0.550. The molecule has 2 fully saturated rings. The number of rotatable bonds is 3. The van der Waals surface area contributed by atoms with E-state index in [1.54, 1.807) is 24.3 Å². The largest absolute Gasteiger partial charge is 0.339 e. The Morgan fingerprint density at radius 3 is 2.46 bits per heavy atom. The molecule has 0 spiro atoms. The van der Waals surface area contributed by atoms with Gasteiger partial charge in [0.25, 0.3) is 5.91 Å². The summed E-state index contributed by atoms with van der Waals surface area (Å²) in [4.78, 5) is 26.6. The molecular weight excluding hydrogens is 328 g/mol. The van der Waals surface area contributed by atoms with Gasteiger partial charge >= 0.3 is 6.03 Å². The van der Waals surface area contributed by atoms with Crippen LogP contribution in [0.4, 0.5) is 10.5 Å². The van der Waals surface area contributed by atoms with Crippen molar-refractivity contribution >= 4 is 17.6 Å². The second-order valence-corrected chi connectivity index (χ2v) is 7.42. The summed E-state index contributed by atoms with van der Waals surface area (Å²) in [6, 6.07) is 8.87. The first kappa shape index (κ1) is 18.2. The molecule has 26 heavy (non-hydrogen) atoms. The summed E-state index contributed by atoms with van der Waals surface area (Å²) < 4.78 is 0. The average molecular weight is 354 g/mol. The van der Waals surface area contributed by atoms with Crippen LogP contribution in [-0.4, -0.2) is 36.0 Å². The molecule has 1 saturated heterocycles. The molecule has 0 aromatic heterocycles. The Balaban J connectivity index is 1.53. The van der Waals surface area contributed by atoms with Gasteiger partial charge in [0.1, 0.15) is 0 Å². The van der Waals surface area contributed by atoms with Crippen molar-refractivity contribution in [2.75, 3.05) is 18.4 Å². The molecule has 6 heteroatoms. The summed E-state index contributed by atoms with van der Waals surface area (Å²) in [6.45, 7) is 3.84. The lowest BCUT2D eigenvalue weighted by molar-refractivity contribution is 0.0697. The number of carbonyl (C=O) groups excluding carboxylic acids is 2. The maximum absolute atomic E-state index is 12.5. The van der Waals surface area contributed by atoms with E-state index in [0.29, 0.717) is 17.2 Å². The van der Waals surface area contributed by atoms with E-state index in [0.717, 1.165) is 45.2 Å². The van der Waals surface area contributed by atoms with E-state index in [2.05, 4.69) is 23.6 Å². The smallest absolute Gasteiger partial charge is 0.319 e. The fourth-order valence-corrected chi connectivity index (χ4v) is 3.71. The zero-order valence-electron chi connectivity index (χ0n) is 15.2. The Bertz CT molecular complexity index is 687. The van der Waals surface area contributed by atoms with Gasteiger partial charge in [-0.1, -0.05) is 6.92 Å². The first-order valence-corrected chi connectivity index (χ1v) is 9.43. The van der Waals surface area contributed by atoms with Crippen molar-refractivity contribution in [3.05, 3.63) is 29.8 Å². The zero-order chi connectivity index (χ0) is 18.5. The number of urea groups is 1. The molecule has 1 aliphatic heterocycles. The van der Waals surface area contributed by atoms with Crippen LogP contribution in [0.15, 0.2) is 24.3 Å². The summed E-state index contributed by atoms with van der Waals surface area (Å²) in [5.41, 5.74) is 1.28. The predicted octanol–water partition coefficient (Wildman–Crippen LogP) is 3.37. The maximum atomic E-state index is 12.5. The van der Waals surface area contributed by atoms with Crippen LogP contribution in [0.25, 0.3) is 0 Å². The first-order chi connectivity index (χ1) is 12.6. The van der Waals surface area contributed by atoms with Crippen molar-refractivity contribution in [2.24, 2.45) is 11.8 Å². The predicted molar refractivity (Wildman–Crippen MR) is 99.6 cm³/mol. The van der Waals surface area contributed by atoms with Crippen LogP contribution in [0.5, 0.6) is 0 Å². The quantitative estimate of drug-likeness (QED) is 0.872. The monoisotopic (exact) mass is 354 g/mol. The van der Waals surface area contributed by atoms with Crippen molar-refractivity contribution in [2.45, 2.75) is 45.1 Å². The summed E-state index contributed by atoms with van der Waals surface area (Å²) >= 11 is 0. The number of nitrogens with one attached hydrogen (secondary N) is 2. The van der Waals surface area contributed by atoms with Gasteiger partial charge in [-0.05, 0) is 62.3 Å². The van der Waals surface area contributed by atoms with Gasteiger partial charge in [-0.25, -0.2) is 4.79 Å². The summed E-state index contributed by atoms with van der Waals surface area (Å²) in [7, 11) is 0. The first-order valence-electron chi connectivity index (χ1n) is 9.43. The van der Waals surface area contributed by atoms with Crippen LogP contribution in [0.3, 0.4) is 0 Å². The van der Waals surface area contributed by atoms with Crippen molar-refractivity contribution in [1.29, 1.82) is 5.26 Å². The lowest BCUT2D eigenvalue weighted by Crippen LogP contribution is -2.39. The van der Waals surface area contributed by atoms with Crippen LogP contribution in [0.2, 0.25) is 0 Å². The number of likely N-dealkylation sites (tertiary alicyclic amines) is 1. The van der Waals surface area contributed by atoms with Gasteiger partial charge < -0.3 is 15.5 Å². The number of nitrogens with zero attached hydrogens (tertiary/aromatic N) is 2. The molecule has 0 unspecified atom stereocenters. The molecule has 2 N–H and O–H groups in total. The number of hydrogen-bond donors (Lipinski definition) is 2. The Hall–Kier alpha value is -2.55. The van der Waals surface area contributed by atoms with E-state index in [1.165, 1.54) is 0 Å². The van der Waals surface area contributed by atoms with Gasteiger partial charge in [0.05, 0.1) is 12.0 Å². The van der Waals surface area contributed by atoms with Gasteiger partial charge in [0.2, 0.25) is 0 Å². The molecule has 3 amide bonds. The highest BCUT2D eigenvalue weighted by Crippen LogP contribution is 2.25. The number of benzene rings is 1. The molecule has 6 nitrogen and oxygen atoms in total. The average Bonchev–Trinajstić information content (AvgIpc) is 3.09. The van der Waals surface area contributed by atoms with Crippen molar-refractivity contribution in [3.63, 3.8) is 0 Å². The van der Waals surface area contributed by atoms with Crippen LogP contribution in [0, 0.1) is 23.2 Å². The third-order valence-electron chi connectivity index (χ3n) is 5.46. The number of hydrogen-bond acceptors (Lipinski definition) is 3. The second kappa shape index (κ2) is 8.22. The number of amides is 3. The van der Waals surface area contributed by atoms with Crippen LogP contribution < -0.4 is 10.6 Å². The molecule has 138 valence electrons. The maximum Gasteiger partial charge on any atom is 0.319 e. The standard InChI is InChI=1S/C20H26N4O2/c1-14-9-11-24(12-10-14)19(25)15-5-7-17(8-6-15)22-20(26)23-18-4-2-3-16(18)13-21/h5-8,14,16,18H,2-4,9-12H2,1H3,(H2,22,23,26)/t16-,18+/m1/s1. The van der Waals surface area contributed by atoms with Crippen molar-refractivity contribution in [1.82, 2.24) is 10.2 Å². The molecule has 3 rings (SSSR count). The summed E-state index contributed by atoms with van der Waals surface area (Å²) in [5.74, 6) is 0.633. The topological polar surface area (TPSA) is 85.2 Å². The minimum atomic E-state index is -0.304. The molecule has 1 heterocycles. The summed E-state index contributed by atoms with van der Waals surface area (Å²) in [5, 5.41) is 14.7. The summed E-state index contributed by atoms with van der Waals surface area (Å²) in [6.07, 6.45) is 4.75. The Labute approximate surface area is 154 Å². The third-order valence-corrected chi connectivity index (χ3v) is 5.46. The molecule has 1 saturated carbocycles. The lowest BCUT2D eigenvalue weighted by Gasteiger charge is -2.30. The SMILES string of the molecule is CC1CCN(C(=O)c2ccc(NC(=O)N[C@H]3CCC[C@@H]3C#N)cc2)CC1. The highest BCUT2D eigenvalue weighted by atomic mass is 16.2. The van der Waals surface area contributed by atoms with E-state index in [4.69, 9.17) is 5.26 Å². The van der Waals surface area contributed by atoms with E-state index in [9.17, 15) is 9.59 Å². The molecule has 0 radical (unpaired) electrons. The van der Waals surface area contributed by atoms with E-state index >= 15 is 0 Å². The fourth-order valence-electron chi connectivity index (χ4n) is 3.71. The molecule has 0 bridgehead atoms. The van der Waals surface area contributed by atoms with Crippen LogP contribution in [-0.2, 0) is 0 Å². The molecule has 2 atom stereocenters. The van der Waals surface area contributed by atoms with Gasteiger partial charge in [-0.15, -0.1) is 0 Å². The molecular formula is C20H26N4O2. The Morgan fingerprint density at radius 2 is 1.81 bits per heavy atom. The van der Waals surface area contributed by atoms with Crippen LogP contribution >= 0.6 is 0 Å². The molecule has 1 aliphatic carbocycles. The van der Waals surface area contributed by atoms with Gasteiger partial charge in [0.15, 0.2) is 0 Å². The van der Waals surface area contributed by atoms with E-state index in [-0.39, 0.29) is 23.9 Å². The normalized spacial score (nSPS) is 23.3. The Morgan fingerprint density at radius 1 is 1.12 bits per heavy atom. The Kier molecular flexibility index (Phi) is 5.77. The number of carbonyl (C=O) groups is 2. The minimum Gasteiger partial charge on any atom is -0.339 e. The highest BCUT2D eigenvalue weighted by molar-refractivity contribution is 5.95. The zero-order valence-corrected chi connectivity index (χ0v) is 15.2. The minimum absolute atomic E-state index is 0.0516. The highest BCUT2D eigenvalue weighted by Gasteiger charge is 2.28. The number of anilines is 1. The van der Waals surface area contributed by atoms with Gasteiger partial charge in [0, 0.05) is 30.4 Å². The second-order valence-electron chi connectivity index (χ2n) is 7.42. The number of nitriles is 1. The van der Waals surface area contributed by atoms with Crippen molar-refractivity contribution < 1.29 is 9.59 Å². The van der Waals surface area contributed by atoms with Crippen molar-refractivity contribution in [3.8, 4) is 6.07 Å². The molecule has 1 aromatic carbocycles. The van der Waals surface area contributed by atoms with Crippen LogP contribution in [0.1, 0.15) is 49.4 Å². The molecule has 2 aliphatic rings. The van der Waals surface area contributed by atoms with Gasteiger partial charge in [-0.2, -0.15) is 5.26 Å². The van der Waals surface area contributed by atoms with Gasteiger partial charge in [-0.3, -0.25) is 4.79 Å². The third kappa shape index (κ3) is 4.34. The van der Waals surface area contributed by atoms with E-state index < -0.39 is 0 Å². The molecule has 1 aromatic rings. The van der Waals surface area contributed by atoms with E-state index in [1.807, 2.05) is 4.90 Å². The number of piperidine rings is 1. The lowest BCUT2D eigenvalue weighted by atomic mass is 9.98.